The molecular weight excluding hydrogens is 264 g/mol. The summed E-state index contributed by atoms with van der Waals surface area (Å²) in [6.07, 6.45) is 3.91. The van der Waals surface area contributed by atoms with Gasteiger partial charge in [-0.25, -0.2) is 0 Å². The zero-order chi connectivity index (χ0) is 14.7. The molecule has 0 spiro atoms. The Hall–Kier alpha value is -1.55. The summed E-state index contributed by atoms with van der Waals surface area (Å²) in [5.41, 5.74) is 1.07. The zero-order valence-corrected chi connectivity index (χ0v) is 12.6. The van der Waals surface area contributed by atoms with Crippen LogP contribution in [0, 0.1) is 11.8 Å². The topological polar surface area (TPSA) is 50.4 Å². The number of carbonyl (C=O) groups excluding carboxylic acids is 1. The van der Waals surface area contributed by atoms with E-state index in [0.717, 1.165) is 37.2 Å². The van der Waals surface area contributed by atoms with Gasteiger partial charge in [0.05, 0.1) is 6.10 Å². The fourth-order valence-corrected chi connectivity index (χ4v) is 2.66. The molecule has 2 fully saturated rings. The number of hydrogen-bond acceptors (Lipinski definition) is 3. The molecule has 0 radical (unpaired) electrons. The molecule has 4 heteroatoms. The molecule has 1 atom stereocenters. The van der Waals surface area contributed by atoms with Crippen LogP contribution in [0.3, 0.4) is 0 Å². The minimum Gasteiger partial charge on any atom is -0.490 e. The Kier molecular flexibility index (Phi) is 4.44. The normalized spacial score (nSPS) is 20.2. The summed E-state index contributed by atoms with van der Waals surface area (Å²) >= 11 is 0. The number of para-hydroxylation sites is 1. The van der Waals surface area contributed by atoms with Crippen molar-refractivity contribution in [3.05, 3.63) is 29.8 Å². The predicted octanol–water partition coefficient (Wildman–Crippen LogP) is 2.09. The Balaban J connectivity index is 1.55. The second-order valence-electron chi connectivity index (χ2n) is 6.20. The Labute approximate surface area is 126 Å². The summed E-state index contributed by atoms with van der Waals surface area (Å²) < 4.78 is 5.99. The molecule has 0 bridgehead atoms. The maximum atomic E-state index is 12.2. The van der Waals surface area contributed by atoms with E-state index < -0.39 is 0 Å². The van der Waals surface area contributed by atoms with Gasteiger partial charge in [-0.3, -0.25) is 4.79 Å². The molecule has 1 aliphatic carbocycles. The van der Waals surface area contributed by atoms with Gasteiger partial charge >= 0.3 is 0 Å². The SMILES string of the molecule is CC(C(=O)NCc1ccccc1OC1CCC1)C1CNC1. The average Bonchev–Trinajstić information content (AvgIpc) is 2.39. The lowest BCUT2D eigenvalue weighted by molar-refractivity contribution is -0.126. The molecule has 2 aliphatic rings. The molecule has 21 heavy (non-hydrogen) atoms. The van der Waals surface area contributed by atoms with Gasteiger partial charge < -0.3 is 15.4 Å². The van der Waals surface area contributed by atoms with Crippen molar-refractivity contribution in [2.75, 3.05) is 13.1 Å². The van der Waals surface area contributed by atoms with Crippen molar-refractivity contribution in [1.82, 2.24) is 10.6 Å². The van der Waals surface area contributed by atoms with E-state index in [1.54, 1.807) is 0 Å². The van der Waals surface area contributed by atoms with Crippen LogP contribution in [0.25, 0.3) is 0 Å². The van der Waals surface area contributed by atoms with E-state index >= 15 is 0 Å². The molecule has 1 aromatic rings. The van der Waals surface area contributed by atoms with Crippen LogP contribution >= 0.6 is 0 Å². The summed E-state index contributed by atoms with van der Waals surface area (Å²) in [5.74, 6) is 1.61. The summed E-state index contributed by atoms with van der Waals surface area (Å²) in [5, 5.41) is 6.27. The van der Waals surface area contributed by atoms with Crippen molar-refractivity contribution in [2.24, 2.45) is 11.8 Å². The van der Waals surface area contributed by atoms with Gasteiger partial charge in [0.25, 0.3) is 0 Å². The predicted molar refractivity (Wildman–Crippen MR) is 82.1 cm³/mol. The van der Waals surface area contributed by atoms with Gasteiger partial charge in [0.1, 0.15) is 5.75 Å². The van der Waals surface area contributed by atoms with E-state index in [0.29, 0.717) is 18.6 Å². The maximum absolute atomic E-state index is 12.2. The van der Waals surface area contributed by atoms with E-state index in [1.165, 1.54) is 6.42 Å². The van der Waals surface area contributed by atoms with E-state index in [2.05, 4.69) is 10.6 Å². The van der Waals surface area contributed by atoms with Crippen molar-refractivity contribution in [3.8, 4) is 5.75 Å². The molecule has 1 aliphatic heterocycles. The van der Waals surface area contributed by atoms with Crippen LogP contribution in [0.15, 0.2) is 24.3 Å². The van der Waals surface area contributed by atoms with Gasteiger partial charge in [0.15, 0.2) is 0 Å². The Bertz CT molecular complexity index is 495. The first kappa shape index (κ1) is 14.4. The lowest BCUT2D eigenvalue weighted by atomic mass is 9.88. The minimum atomic E-state index is 0.0750. The first-order valence-corrected chi connectivity index (χ1v) is 7.97. The molecular formula is C17H24N2O2. The number of carbonyl (C=O) groups is 1. The molecule has 1 amide bonds. The highest BCUT2D eigenvalue weighted by Gasteiger charge is 2.28. The summed E-state index contributed by atoms with van der Waals surface area (Å²) in [4.78, 5) is 12.2. The van der Waals surface area contributed by atoms with E-state index in [4.69, 9.17) is 4.74 Å². The molecule has 0 aromatic heterocycles. The van der Waals surface area contributed by atoms with Gasteiger partial charge in [0.2, 0.25) is 5.91 Å². The van der Waals surface area contributed by atoms with Gasteiger partial charge in [0, 0.05) is 18.0 Å². The first-order chi connectivity index (χ1) is 10.2. The van der Waals surface area contributed by atoms with Crippen LogP contribution in [-0.2, 0) is 11.3 Å². The fraction of sp³-hybridized carbons (Fsp3) is 0.588. The van der Waals surface area contributed by atoms with Crippen LogP contribution in [0.4, 0.5) is 0 Å². The minimum absolute atomic E-state index is 0.0750. The third-order valence-electron chi connectivity index (χ3n) is 4.71. The monoisotopic (exact) mass is 288 g/mol. The Morgan fingerprint density at radius 3 is 2.76 bits per heavy atom. The molecule has 3 rings (SSSR count). The van der Waals surface area contributed by atoms with Crippen molar-refractivity contribution in [3.63, 3.8) is 0 Å². The molecule has 1 unspecified atom stereocenters. The van der Waals surface area contributed by atoms with Crippen molar-refractivity contribution in [1.29, 1.82) is 0 Å². The average molecular weight is 288 g/mol. The Morgan fingerprint density at radius 1 is 1.38 bits per heavy atom. The largest absolute Gasteiger partial charge is 0.490 e. The van der Waals surface area contributed by atoms with Gasteiger partial charge in [-0.2, -0.15) is 0 Å². The van der Waals surface area contributed by atoms with E-state index in [-0.39, 0.29) is 11.8 Å². The number of amides is 1. The van der Waals surface area contributed by atoms with Crippen LogP contribution < -0.4 is 15.4 Å². The lowest BCUT2D eigenvalue weighted by Crippen LogP contribution is -2.49. The number of rotatable bonds is 6. The molecule has 1 aromatic carbocycles. The highest BCUT2D eigenvalue weighted by Crippen LogP contribution is 2.27. The van der Waals surface area contributed by atoms with E-state index in [9.17, 15) is 4.79 Å². The van der Waals surface area contributed by atoms with Crippen LogP contribution in [0.1, 0.15) is 31.7 Å². The van der Waals surface area contributed by atoms with Gasteiger partial charge in [-0.15, -0.1) is 0 Å². The molecule has 4 nitrogen and oxygen atoms in total. The number of benzene rings is 1. The molecule has 1 saturated carbocycles. The smallest absolute Gasteiger partial charge is 0.223 e. The van der Waals surface area contributed by atoms with Crippen LogP contribution in [0.2, 0.25) is 0 Å². The third kappa shape index (κ3) is 3.38. The summed E-state index contributed by atoms with van der Waals surface area (Å²) in [6.45, 7) is 4.47. The number of ether oxygens (including phenoxy) is 1. The third-order valence-corrected chi connectivity index (χ3v) is 4.71. The highest BCUT2D eigenvalue weighted by atomic mass is 16.5. The molecule has 1 saturated heterocycles. The second kappa shape index (κ2) is 6.48. The van der Waals surface area contributed by atoms with Crippen molar-refractivity contribution < 1.29 is 9.53 Å². The Morgan fingerprint density at radius 2 is 2.14 bits per heavy atom. The molecule has 114 valence electrons. The number of hydrogen-bond donors (Lipinski definition) is 2. The maximum Gasteiger partial charge on any atom is 0.223 e. The van der Waals surface area contributed by atoms with Crippen LogP contribution in [0.5, 0.6) is 5.75 Å². The van der Waals surface area contributed by atoms with Gasteiger partial charge in [-0.1, -0.05) is 25.1 Å². The molecule has 1 heterocycles. The zero-order valence-electron chi connectivity index (χ0n) is 12.6. The lowest BCUT2D eigenvalue weighted by Gasteiger charge is -2.32. The molecule has 2 N–H and O–H groups in total. The summed E-state index contributed by atoms with van der Waals surface area (Å²) in [6, 6.07) is 8.01. The van der Waals surface area contributed by atoms with Crippen molar-refractivity contribution >= 4 is 5.91 Å². The van der Waals surface area contributed by atoms with Crippen molar-refractivity contribution in [2.45, 2.75) is 38.8 Å². The fourth-order valence-electron chi connectivity index (χ4n) is 2.66. The second-order valence-corrected chi connectivity index (χ2v) is 6.20. The number of nitrogens with one attached hydrogen (secondary N) is 2. The highest BCUT2D eigenvalue weighted by molar-refractivity contribution is 5.78. The van der Waals surface area contributed by atoms with Gasteiger partial charge in [-0.05, 0) is 44.3 Å². The first-order valence-electron chi connectivity index (χ1n) is 7.97. The standard InChI is InChI=1S/C17H24N2O2/c1-12(14-9-18-10-14)17(20)19-11-13-5-2-3-8-16(13)21-15-6-4-7-15/h2-3,5,8,12,14-15,18H,4,6-7,9-11H2,1H3,(H,19,20). The van der Waals surface area contributed by atoms with E-state index in [1.807, 2.05) is 31.2 Å². The summed E-state index contributed by atoms with van der Waals surface area (Å²) in [7, 11) is 0. The van der Waals surface area contributed by atoms with Crippen LogP contribution in [-0.4, -0.2) is 25.1 Å². The quantitative estimate of drug-likeness (QED) is 0.843.